The smallest absolute Gasteiger partial charge is 0.122 e. The Labute approximate surface area is 77.5 Å². The maximum Gasteiger partial charge on any atom is 0.122 e. The summed E-state index contributed by atoms with van der Waals surface area (Å²) in [6, 6.07) is 7.88. The summed E-state index contributed by atoms with van der Waals surface area (Å²) in [6.45, 7) is -0.206. The third-order valence-corrected chi connectivity index (χ3v) is 2.66. The van der Waals surface area contributed by atoms with Crippen molar-refractivity contribution in [3.05, 3.63) is 29.8 Å². The highest BCUT2D eigenvalue weighted by molar-refractivity contribution is 5.39. The van der Waals surface area contributed by atoms with Crippen molar-refractivity contribution in [2.45, 2.75) is 12.3 Å². The molecule has 1 aliphatic rings. The quantitative estimate of drug-likeness (QED) is 0.695. The van der Waals surface area contributed by atoms with Crippen molar-refractivity contribution in [1.29, 1.82) is 0 Å². The van der Waals surface area contributed by atoms with Gasteiger partial charge in [-0.1, -0.05) is 18.2 Å². The Morgan fingerprint density at radius 2 is 2.23 bits per heavy atom. The molecular weight excluding hydrogens is 167 g/mol. The maximum atomic E-state index is 12.3. The van der Waals surface area contributed by atoms with Crippen LogP contribution in [0, 0.1) is 5.92 Å². The Morgan fingerprint density at radius 1 is 1.46 bits per heavy atom. The average Bonchev–Trinajstić information content (AvgIpc) is 2.96. The highest BCUT2D eigenvalue weighted by Crippen LogP contribution is 2.50. The lowest BCUT2D eigenvalue weighted by atomic mass is 10.1. The van der Waals surface area contributed by atoms with Crippen LogP contribution in [0.2, 0.25) is 0 Å². The van der Waals surface area contributed by atoms with Crippen LogP contribution in [0.4, 0.5) is 4.39 Å². The molecule has 0 spiro atoms. The Kier molecular flexibility index (Phi) is 2.21. The molecule has 0 aromatic heterocycles. The first-order valence-corrected chi connectivity index (χ1v) is 4.55. The minimum Gasteiger partial charge on any atom is -0.496 e. The first-order valence-electron chi connectivity index (χ1n) is 4.55. The van der Waals surface area contributed by atoms with Crippen molar-refractivity contribution in [3.63, 3.8) is 0 Å². The lowest BCUT2D eigenvalue weighted by Gasteiger charge is -2.06. The fourth-order valence-corrected chi connectivity index (χ4v) is 1.77. The van der Waals surface area contributed by atoms with Gasteiger partial charge < -0.3 is 4.74 Å². The van der Waals surface area contributed by atoms with Crippen molar-refractivity contribution >= 4 is 0 Å². The highest BCUT2D eigenvalue weighted by atomic mass is 19.1. The van der Waals surface area contributed by atoms with Crippen LogP contribution in [-0.4, -0.2) is 13.8 Å². The predicted octanol–water partition coefficient (Wildman–Crippen LogP) is 2.77. The summed E-state index contributed by atoms with van der Waals surface area (Å²) in [6.07, 6.45) is 0.969. The van der Waals surface area contributed by atoms with Crippen LogP contribution in [0.3, 0.4) is 0 Å². The monoisotopic (exact) mass is 180 g/mol. The van der Waals surface area contributed by atoms with Gasteiger partial charge >= 0.3 is 0 Å². The minimum absolute atomic E-state index is 0.206. The van der Waals surface area contributed by atoms with Crippen LogP contribution >= 0.6 is 0 Å². The lowest BCUT2D eigenvalue weighted by molar-refractivity contribution is 0.406. The summed E-state index contributed by atoms with van der Waals surface area (Å²) in [5.74, 6) is 1.51. The Balaban J connectivity index is 2.20. The van der Waals surface area contributed by atoms with Crippen molar-refractivity contribution in [1.82, 2.24) is 0 Å². The molecule has 1 aliphatic carbocycles. The third-order valence-electron chi connectivity index (χ3n) is 2.66. The van der Waals surface area contributed by atoms with Gasteiger partial charge in [-0.25, -0.2) is 0 Å². The van der Waals surface area contributed by atoms with E-state index < -0.39 is 0 Å². The highest BCUT2D eigenvalue weighted by Gasteiger charge is 2.39. The van der Waals surface area contributed by atoms with E-state index in [4.69, 9.17) is 4.74 Å². The Bertz CT molecular complexity index is 298. The summed E-state index contributed by atoms with van der Waals surface area (Å²) in [5.41, 5.74) is 1.16. The largest absolute Gasteiger partial charge is 0.496 e. The second-order valence-corrected chi connectivity index (χ2v) is 3.50. The molecule has 1 saturated carbocycles. The van der Waals surface area contributed by atoms with Gasteiger partial charge in [0.05, 0.1) is 13.8 Å². The molecule has 0 N–H and O–H groups in total. The number of halogens is 1. The van der Waals surface area contributed by atoms with E-state index in [1.165, 1.54) is 0 Å². The zero-order chi connectivity index (χ0) is 9.26. The van der Waals surface area contributed by atoms with Gasteiger partial charge in [-0.2, -0.15) is 0 Å². The number of rotatable bonds is 3. The molecule has 0 heterocycles. The molecule has 0 radical (unpaired) electrons. The molecule has 1 fully saturated rings. The Hall–Kier alpha value is -1.05. The molecular formula is C11H13FO. The molecule has 0 aliphatic heterocycles. The molecule has 1 nitrogen and oxygen atoms in total. The molecule has 2 rings (SSSR count). The van der Waals surface area contributed by atoms with E-state index in [1.807, 2.05) is 24.3 Å². The SMILES string of the molecule is COc1ccccc1C1CC1CF. The van der Waals surface area contributed by atoms with Crippen LogP contribution in [-0.2, 0) is 0 Å². The number of para-hydroxylation sites is 1. The predicted molar refractivity (Wildman–Crippen MR) is 49.8 cm³/mol. The van der Waals surface area contributed by atoms with E-state index in [9.17, 15) is 4.39 Å². The first-order chi connectivity index (χ1) is 6.36. The fourth-order valence-electron chi connectivity index (χ4n) is 1.77. The molecule has 2 heteroatoms. The molecule has 0 amide bonds. The minimum atomic E-state index is -0.206. The summed E-state index contributed by atoms with van der Waals surface area (Å²) in [4.78, 5) is 0. The maximum absolute atomic E-state index is 12.3. The number of benzene rings is 1. The van der Waals surface area contributed by atoms with Gasteiger partial charge in [0.2, 0.25) is 0 Å². The van der Waals surface area contributed by atoms with Gasteiger partial charge in [0.25, 0.3) is 0 Å². The van der Waals surface area contributed by atoms with Gasteiger partial charge in [-0.05, 0) is 29.9 Å². The second-order valence-electron chi connectivity index (χ2n) is 3.50. The van der Waals surface area contributed by atoms with Crippen LogP contribution in [0.1, 0.15) is 17.9 Å². The molecule has 70 valence electrons. The van der Waals surface area contributed by atoms with E-state index in [1.54, 1.807) is 7.11 Å². The molecule has 0 bridgehead atoms. The van der Waals surface area contributed by atoms with E-state index >= 15 is 0 Å². The van der Waals surface area contributed by atoms with Crippen LogP contribution in [0.25, 0.3) is 0 Å². The lowest BCUT2D eigenvalue weighted by Crippen LogP contribution is -1.91. The molecule has 1 aromatic carbocycles. The second kappa shape index (κ2) is 3.36. The molecule has 13 heavy (non-hydrogen) atoms. The summed E-state index contributed by atoms with van der Waals surface area (Å²) >= 11 is 0. The first kappa shape index (κ1) is 8.54. The van der Waals surface area contributed by atoms with Gasteiger partial charge in [-0.15, -0.1) is 0 Å². The standard InChI is InChI=1S/C11H13FO/c1-13-11-5-3-2-4-9(11)10-6-8(10)7-12/h2-5,8,10H,6-7H2,1H3. The number of hydrogen-bond acceptors (Lipinski definition) is 1. The van der Waals surface area contributed by atoms with Gasteiger partial charge in [0, 0.05) is 0 Å². The molecule has 0 saturated heterocycles. The average molecular weight is 180 g/mol. The van der Waals surface area contributed by atoms with E-state index in [2.05, 4.69) is 0 Å². The van der Waals surface area contributed by atoms with E-state index in [0.29, 0.717) is 5.92 Å². The van der Waals surface area contributed by atoms with Gasteiger partial charge in [0.15, 0.2) is 0 Å². The van der Waals surface area contributed by atoms with Gasteiger partial charge in [-0.3, -0.25) is 4.39 Å². The fraction of sp³-hybridized carbons (Fsp3) is 0.455. The molecule has 1 aromatic rings. The van der Waals surface area contributed by atoms with Crippen LogP contribution in [0.15, 0.2) is 24.3 Å². The summed E-state index contributed by atoms with van der Waals surface area (Å²) in [5, 5.41) is 0. The van der Waals surface area contributed by atoms with Crippen molar-refractivity contribution in [2.24, 2.45) is 5.92 Å². The van der Waals surface area contributed by atoms with Crippen LogP contribution in [0.5, 0.6) is 5.75 Å². The topological polar surface area (TPSA) is 9.23 Å². The number of hydrogen-bond donors (Lipinski definition) is 0. The van der Waals surface area contributed by atoms with Crippen molar-refractivity contribution in [2.75, 3.05) is 13.8 Å². The molecule has 2 atom stereocenters. The van der Waals surface area contributed by atoms with E-state index in [-0.39, 0.29) is 12.6 Å². The normalized spacial score (nSPS) is 25.7. The number of alkyl halides is 1. The summed E-state index contributed by atoms with van der Waals surface area (Å²) < 4.78 is 17.5. The zero-order valence-electron chi connectivity index (χ0n) is 7.66. The zero-order valence-corrected chi connectivity index (χ0v) is 7.66. The summed E-state index contributed by atoms with van der Waals surface area (Å²) in [7, 11) is 1.66. The number of ether oxygens (including phenoxy) is 1. The van der Waals surface area contributed by atoms with Crippen molar-refractivity contribution in [3.8, 4) is 5.75 Å². The van der Waals surface area contributed by atoms with Crippen molar-refractivity contribution < 1.29 is 9.13 Å². The number of methoxy groups -OCH3 is 1. The Morgan fingerprint density at radius 3 is 2.85 bits per heavy atom. The van der Waals surface area contributed by atoms with Crippen LogP contribution < -0.4 is 4.74 Å². The molecule has 2 unspecified atom stereocenters. The van der Waals surface area contributed by atoms with E-state index in [0.717, 1.165) is 17.7 Å². The van der Waals surface area contributed by atoms with Gasteiger partial charge in [0.1, 0.15) is 5.75 Å². The third kappa shape index (κ3) is 1.53.